The average molecular weight is 306 g/mol. The van der Waals surface area contributed by atoms with E-state index in [1.54, 1.807) is 36.7 Å². The van der Waals surface area contributed by atoms with Crippen molar-refractivity contribution in [3.8, 4) is 5.75 Å². The summed E-state index contributed by atoms with van der Waals surface area (Å²) in [7, 11) is 1.86. The Morgan fingerprint density at radius 2 is 2.00 bits per heavy atom. The average Bonchev–Trinajstić information content (AvgIpc) is 2.19. The lowest BCUT2D eigenvalue weighted by Crippen LogP contribution is -3.00. The molecule has 0 radical (unpaired) electrons. The van der Waals surface area contributed by atoms with E-state index in [1.807, 2.05) is 13.2 Å². The highest BCUT2D eigenvalue weighted by Crippen LogP contribution is 1.98. The van der Waals surface area contributed by atoms with E-state index in [4.69, 9.17) is 5.11 Å². The van der Waals surface area contributed by atoms with Crippen molar-refractivity contribution in [3.05, 3.63) is 24.5 Å². The number of rotatable bonds is 2. The molecule has 1 N–H and O–H groups in total. The quantitative estimate of drug-likeness (QED) is 0.588. The summed E-state index contributed by atoms with van der Waals surface area (Å²) in [5.74, 6) is 0.301. The van der Waals surface area contributed by atoms with E-state index in [0.29, 0.717) is 18.8 Å². The molecule has 0 saturated heterocycles. The Balaban J connectivity index is 0. The molecule has 0 unspecified atom stereocenters. The molecule has 0 bridgehead atoms. The van der Waals surface area contributed by atoms with Gasteiger partial charge in [-0.1, -0.05) is 0 Å². The molecule has 1 aromatic heterocycles. The molecule has 6 heteroatoms. The van der Waals surface area contributed by atoms with Gasteiger partial charge in [0.05, 0.1) is 0 Å². The van der Waals surface area contributed by atoms with Crippen molar-refractivity contribution in [2.24, 2.45) is 7.05 Å². The normalized spacial score (nSPS) is 8.41. The number of aromatic hydroxyl groups is 1. The number of aromatic nitrogens is 1. The van der Waals surface area contributed by atoms with Crippen LogP contribution in [-0.2, 0) is 7.05 Å². The smallest absolute Gasteiger partial charge is 0.210 e. The van der Waals surface area contributed by atoms with Crippen molar-refractivity contribution < 1.29 is 36.6 Å². The second-order valence-electron chi connectivity index (χ2n) is 3.17. The largest absolute Gasteiger partial charge is 1.00 e. The van der Waals surface area contributed by atoms with Gasteiger partial charge in [-0.2, -0.15) is 0 Å². The van der Waals surface area contributed by atoms with Crippen molar-refractivity contribution in [2.45, 2.75) is 13.8 Å². The fraction of sp³-hybridized carbons (Fsp3) is 0.455. The molecule has 0 saturated carbocycles. The molecule has 0 atom stereocenters. The van der Waals surface area contributed by atoms with Crippen molar-refractivity contribution in [1.82, 2.24) is 4.90 Å². The van der Waals surface area contributed by atoms with Crippen molar-refractivity contribution in [3.63, 3.8) is 0 Å². The highest BCUT2D eigenvalue weighted by Gasteiger charge is 1.93. The standard InChI is InChI=1S/C6H7NO.C5H11NO2.BrH/c1-7-4-2-3-6(8)5-7;1-3-6(4-2)5(7)8;/h2-5H,1H3;3-4H2,1-2H3,(H,7,8);1H/p-1. The van der Waals surface area contributed by atoms with E-state index in [0.717, 1.165) is 0 Å². The number of hydrogen-bond acceptors (Lipinski definition) is 3. The van der Waals surface area contributed by atoms with Crippen LogP contribution in [0.25, 0.3) is 0 Å². The number of carboxylic acid groups (broad SMARTS) is 1. The van der Waals surface area contributed by atoms with E-state index in [2.05, 4.69) is 0 Å². The number of nitrogens with zero attached hydrogens (tertiary/aromatic N) is 2. The van der Waals surface area contributed by atoms with Gasteiger partial charge in [-0.05, 0) is 19.9 Å². The van der Waals surface area contributed by atoms with Crippen molar-refractivity contribution >= 4 is 6.09 Å². The van der Waals surface area contributed by atoms with Crippen LogP contribution in [0.2, 0.25) is 0 Å². The molecule has 0 aliphatic rings. The van der Waals surface area contributed by atoms with Crippen LogP contribution in [0.1, 0.15) is 13.8 Å². The first-order valence-corrected chi connectivity index (χ1v) is 5.11. The zero-order valence-electron chi connectivity index (χ0n) is 10.3. The summed E-state index contributed by atoms with van der Waals surface area (Å²) >= 11 is 0. The Morgan fingerprint density at radius 1 is 1.47 bits per heavy atom. The van der Waals surface area contributed by atoms with E-state index < -0.39 is 6.09 Å². The van der Waals surface area contributed by atoms with Gasteiger partial charge in [0, 0.05) is 19.2 Å². The molecule has 0 aromatic carbocycles. The summed E-state index contributed by atoms with van der Waals surface area (Å²) in [4.78, 5) is 11.2. The predicted octanol–water partition coefficient (Wildman–Crippen LogP) is -3.11. The Labute approximate surface area is 112 Å². The third-order valence-corrected chi connectivity index (χ3v) is 1.95. The van der Waals surface area contributed by atoms with Gasteiger partial charge >= 0.3 is 0 Å². The Bertz CT molecular complexity index is 313. The molecular formula is C11H18BrN2O3-. The lowest BCUT2D eigenvalue weighted by Gasteiger charge is -2.20. The molecule has 1 rings (SSSR count). The van der Waals surface area contributed by atoms with Crippen molar-refractivity contribution in [2.75, 3.05) is 13.1 Å². The highest BCUT2D eigenvalue weighted by atomic mass is 79.9. The number of carbonyl (C=O) groups excluding carboxylic acids is 1. The van der Waals surface area contributed by atoms with E-state index >= 15 is 0 Å². The first-order valence-electron chi connectivity index (χ1n) is 5.11. The fourth-order valence-electron chi connectivity index (χ4n) is 1.05. The van der Waals surface area contributed by atoms with Crippen LogP contribution in [0.4, 0.5) is 4.79 Å². The number of halogens is 1. The number of carbonyl (C=O) groups is 1. The maximum atomic E-state index is 9.98. The van der Waals surface area contributed by atoms with Gasteiger partial charge < -0.3 is 36.9 Å². The summed E-state index contributed by atoms with van der Waals surface area (Å²) < 4.78 is 1.79. The third-order valence-electron chi connectivity index (χ3n) is 1.95. The monoisotopic (exact) mass is 305 g/mol. The second-order valence-corrected chi connectivity index (χ2v) is 3.17. The zero-order valence-corrected chi connectivity index (χ0v) is 11.8. The molecule has 17 heavy (non-hydrogen) atoms. The molecule has 98 valence electrons. The first kappa shape index (κ1) is 18.1. The van der Waals surface area contributed by atoms with Gasteiger partial charge in [0.25, 0.3) is 0 Å². The summed E-state index contributed by atoms with van der Waals surface area (Å²) in [5.41, 5.74) is 0. The van der Waals surface area contributed by atoms with Gasteiger partial charge in [0.15, 0.2) is 11.9 Å². The first-order chi connectivity index (χ1) is 7.51. The van der Waals surface area contributed by atoms with Crippen LogP contribution in [0.15, 0.2) is 24.5 Å². The summed E-state index contributed by atoms with van der Waals surface area (Å²) in [5, 5.41) is 18.8. The Hall–Kier alpha value is -1.30. The lowest BCUT2D eigenvalue weighted by atomic mass is 10.5. The number of amides is 1. The molecular weight excluding hydrogens is 288 g/mol. The minimum atomic E-state index is -1.09. The van der Waals surface area contributed by atoms with Gasteiger partial charge in [-0.15, -0.1) is 0 Å². The van der Waals surface area contributed by atoms with E-state index in [9.17, 15) is 9.90 Å². The molecule has 0 fully saturated rings. The minimum Gasteiger partial charge on any atom is -1.00 e. The summed E-state index contributed by atoms with van der Waals surface area (Å²) in [6, 6.07) is 3.43. The maximum Gasteiger partial charge on any atom is 0.210 e. The molecule has 1 aromatic rings. The maximum absolute atomic E-state index is 9.98. The highest BCUT2D eigenvalue weighted by molar-refractivity contribution is 5.62. The topological polar surface area (TPSA) is 67.5 Å². The second kappa shape index (κ2) is 9.89. The number of hydrogen-bond donors (Lipinski definition) is 1. The number of pyridine rings is 1. The van der Waals surface area contributed by atoms with Crippen LogP contribution in [0.3, 0.4) is 0 Å². The SMILES string of the molecule is CCN(CC)C(=O)[O-].C[n+]1cccc(O)c1.[Br-]. The van der Waals surface area contributed by atoms with Crippen LogP contribution in [-0.4, -0.2) is 29.2 Å². The molecule has 1 heterocycles. The summed E-state index contributed by atoms with van der Waals surface area (Å²) in [6.45, 7) is 4.58. The van der Waals surface area contributed by atoms with Gasteiger partial charge in [-0.3, -0.25) is 0 Å². The van der Waals surface area contributed by atoms with Gasteiger partial charge in [-0.25, -0.2) is 4.57 Å². The molecule has 0 aliphatic heterocycles. The van der Waals surface area contributed by atoms with Crippen LogP contribution in [0, 0.1) is 0 Å². The number of aryl methyl sites for hydroxylation is 1. The Morgan fingerprint density at radius 3 is 2.18 bits per heavy atom. The molecule has 0 spiro atoms. The lowest BCUT2D eigenvalue weighted by molar-refractivity contribution is -0.671. The van der Waals surface area contributed by atoms with Gasteiger partial charge in [0.2, 0.25) is 6.20 Å². The van der Waals surface area contributed by atoms with E-state index in [-0.39, 0.29) is 17.0 Å². The Kier molecular flexibility index (Phi) is 10.5. The van der Waals surface area contributed by atoms with Crippen LogP contribution >= 0.6 is 0 Å². The van der Waals surface area contributed by atoms with Crippen LogP contribution < -0.4 is 26.7 Å². The van der Waals surface area contributed by atoms with E-state index in [1.165, 1.54) is 4.90 Å². The predicted molar refractivity (Wildman–Crippen MR) is 57.6 cm³/mol. The third kappa shape index (κ3) is 8.50. The minimum absolute atomic E-state index is 0. The molecule has 0 aliphatic carbocycles. The van der Waals surface area contributed by atoms with Crippen LogP contribution in [0.5, 0.6) is 5.75 Å². The van der Waals surface area contributed by atoms with Gasteiger partial charge in [0.1, 0.15) is 13.1 Å². The fourth-order valence-corrected chi connectivity index (χ4v) is 1.05. The summed E-state index contributed by atoms with van der Waals surface area (Å²) in [6.07, 6.45) is 2.41. The molecule has 1 amide bonds. The zero-order chi connectivity index (χ0) is 12.6. The molecule has 5 nitrogen and oxygen atoms in total. The van der Waals surface area contributed by atoms with Crippen molar-refractivity contribution in [1.29, 1.82) is 0 Å².